The molecule has 0 saturated carbocycles. The summed E-state index contributed by atoms with van der Waals surface area (Å²) in [5.74, 6) is -0.945. The topological polar surface area (TPSA) is 69.1 Å². The number of hydrogen-bond acceptors (Lipinski definition) is 2. The van der Waals surface area contributed by atoms with Crippen LogP contribution in [0.15, 0.2) is 23.3 Å². The van der Waals surface area contributed by atoms with E-state index in [0.29, 0.717) is 13.1 Å². The van der Waals surface area contributed by atoms with Gasteiger partial charge in [0.25, 0.3) is 5.91 Å². The van der Waals surface area contributed by atoms with Crippen LogP contribution in [0.25, 0.3) is 10.4 Å². The van der Waals surface area contributed by atoms with Gasteiger partial charge in [0.05, 0.1) is 5.56 Å². The van der Waals surface area contributed by atoms with E-state index >= 15 is 0 Å². The maximum absolute atomic E-state index is 13.6. The third kappa shape index (κ3) is 2.37. The lowest BCUT2D eigenvalue weighted by atomic mass is 10.1. The van der Waals surface area contributed by atoms with E-state index in [1.165, 1.54) is 12.1 Å². The third-order valence-electron chi connectivity index (χ3n) is 2.74. The zero-order valence-corrected chi connectivity index (χ0v) is 9.14. The van der Waals surface area contributed by atoms with Gasteiger partial charge in [-0.1, -0.05) is 11.2 Å². The quantitative estimate of drug-likeness (QED) is 0.440. The smallest absolute Gasteiger partial charge is 0.256 e. The molecule has 0 spiro atoms. The van der Waals surface area contributed by atoms with Crippen molar-refractivity contribution in [1.82, 2.24) is 4.90 Å². The number of azide groups is 1. The molecule has 88 valence electrons. The molecule has 0 aromatic heterocycles. The first-order chi connectivity index (χ1) is 8.22. The average molecular weight is 234 g/mol. The first kappa shape index (κ1) is 11.4. The number of amides is 1. The zero-order chi connectivity index (χ0) is 12.3. The lowest BCUT2D eigenvalue weighted by Crippen LogP contribution is -2.28. The molecule has 1 aliphatic heterocycles. The molecule has 5 nitrogen and oxygen atoms in total. The number of likely N-dealkylation sites (tertiary alicyclic amines) is 1. The van der Waals surface area contributed by atoms with E-state index in [1.807, 2.05) is 0 Å². The maximum atomic E-state index is 13.6. The van der Waals surface area contributed by atoms with E-state index < -0.39 is 5.82 Å². The molecule has 0 radical (unpaired) electrons. The molecule has 6 heteroatoms. The second-order valence-electron chi connectivity index (χ2n) is 3.85. The molecule has 1 saturated heterocycles. The second-order valence-corrected chi connectivity index (χ2v) is 3.85. The maximum Gasteiger partial charge on any atom is 0.256 e. The van der Waals surface area contributed by atoms with Crippen LogP contribution in [0.5, 0.6) is 0 Å². The molecular weight excluding hydrogens is 223 g/mol. The molecular formula is C11H11FN4O. The summed E-state index contributed by atoms with van der Waals surface area (Å²) in [6.07, 6.45) is 1.92. The van der Waals surface area contributed by atoms with E-state index in [1.54, 1.807) is 4.90 Å². The van der Waals surface area contributed by atoms with Crippen molar-refractivity contribution in [1.29, 1.82) is 0 Å². The fourth-order valence-electron chi connectivity index (χ4n) is 1.88. The predicted octanol–water partition coefficient (Wildman–Crippen LogP) is 3.00. The molecule has 0 N–H and O–H groups in total. The van der Waals surface area contributed by atoms with Gasteiger partial charge < -0.3 is 4.90 Å². The molecule has 0 aliphatic carbocycles. The molecule has 2 rings (SSSR count). The highest BCUT2D eigenvalue weighted by Crippen LogP contribution is 2.20. The number of benzene rings is 1. The number of rotatable bonds is 2. The van der Waals surface area contributed by atoms with E-state index in [0.717, 1.165) is 18.9 Å². The van der Waals surface area contributed by atoms with Crippen LogP contribution in [0.4, 0.5) is 10.1 Å². The predicted molar refractivity (Wildman–Crippen MR) is 60.3 cm³/mol. The Labute approximate surface area is 97.5 Å². The highest BCUT2D eigenvalue weighted by Gasteiger charge is 2.21. The summed E-state index contributed by atoms with van der Waals surface area (Å²) in [7, 11) is 0. The molecule has 17 heavy (non-hydrogen) atoms. The highest BCUT2D eigenvalue weighted by molar-refractivity contribution is 5.95. The molecule has 1 aromatic carbocycles. The fraction of sp³-hybridized carbons (Fsp3) is 0.364. The van der Waals surface area contributed by atoms with Gasteiger partial charge >= 0.3 is 0 Å². The van der Waals surface area contributed by atoms with Gasteiger partial charge in [0.15, 0.2) is 0 Å². The van der Waals surface area contributed by atoms with Crippen LogP contribution in [0.3, 0.4) is 0 Å². The summed E-state index contributed by atoms with van der Waals surface area (Å²) in [5, 5.41) is 3.28. The monoisotopic (exact) mass is 234 g/mol. The minimum atomic E-state index is -0.646. The lowest BCUT2D eigenvalue weighted by molar-refractivity contribution is 0.0788. The van der Waals surface area contributed by atoms with Crippen LogP contribution in [0.1, 0.15) is 23.2 Å². The number of carbonyl (C=O) groups is 1. The van der Waals surface area contributed by atoms with Gasteiger partial charge in [-0.3, -0.25) is 4.79 Å². The fourth-order valence-corrected chi connectivity index (χ4v) is 1.88. The Kier molecular flexibility index (Phi) is 3.25. The van der Waals surface area contributed by atoms with Gasteiger partial charge in [-0.2, -0.15) is 0 Å². The zero-order valence-electron chi connectivity index (χ0n) is 9.14. The van der Waals surface area contributed by atoms with E-state index in [9.17, 15) is 9.18 Å². The van der Waals surface area contributed by atoms with Crippen LogP contribution < -0.4 is 0 Å². The van der Waals surface area contributed by atoms with Gasteiger partial charge in [0.1, 0.15) is 5.82 Å². The Bertz CT molecular complexity index is 490. The van der Waals surface area contributed by atoms with Gasteiger partial charge in [0, 0.05) is 23.7 Å². The van der Waals surface area contributed by atoms with Crippen LogP contribution in [0.2, 0.25) is 0 Å². The Balaban J connectivity index is 2.26. The summed E-state index contributed by atoms with van der Waals surface area (Å²) in [5.41, 5.74) is 8.42. The first-order valence-electron chi connectivity index (χ1n) is 5.36. The van der Waals surface area contributed by atoms with Gasteiger partial charge in [-0.25, -0.2) is 4.39 Å². The number of hydrogen-bond donors (Lipinski definition) is 0. The Morgan fingerprint density at radius 2 is 2.12 bits per heavy atom. The van der Waals surface area contributed by atoms with Gasteiger partial charge in [0.2, 0.25) is 0 Å². The normalized spacial score (nSPS) is 14.5. The SMILES string of the molecule is [N-]=[N+]=Nc1ccc(C(=O)N2CCCC2)c(F)c1. The highest BCUT2D eigenvalue weighted by atomic mass is 19.1. The van der Waals surface area contributed by atoms with E-state index in [-0.39, 0.29) is 17.2 Å². The summed E-state index contributed by atoms with van der Waals surface area (Å²) >= 11 is 0. The second kappa shape index (κ2) is 4.84. The molecule has 0 atom stereocenters. The van der Waals surface area contributed by atoms with Crippen molar-refractivity contribution in [3.05, 3.63) is 40.0 Å². The summed E-state index contributed by atoms with van der Waals surface area (Å²) in [4.78, 5) is 16.1. The Morgan fingerprint density at radius 1 is 1.41 bits per heavy atom. The summed E-state index contributed by atoms with van der Waals surface area (Å²) in [6, 6.07) is 3.87. The molecule has 0 bridgehead atoms. The summed E-state index contributed by atoms with van der Waals surface area (Å²) in [6.45, 7) is 1.35. The van der Waals surface area contributed by atoms with Crippen molar-refractivity contribution >= 4 is 11.6 Å². The van der Waals surface area contributed by atoms with Crippen LogP contribution in [0, 0.1) is 5.82 Å². The van der Waals surface area contributed by atoms with Gasteiger partial charge in [-0.15, -0.1) is 0 Å². The molecule has 1 fully saturated rings. The van der Waals surface area contributed by atoms with Gasteiger partial charge in [-0.05, 0) is 30.5 Å². The van der Waals surface area contributed by atoms with Crippen LogP contribution in [-0.4, -0.2) is 23.9 Å². The Morgan fingerprint density at radius 3 is 2.71 bits per heavy atom. The number of carbonyl (C=O) groups excluding carboxylic acids is 1. The minimum absolute atomic E-state index is 0.0313. The molecule has 1 heterocycles. The standard InChI is InChI=1S/C11H11FN4O/c12-10-7-8(14-15-13)3-4-9(10)11(17)16-5-1-2-6-16/h3-4,7H,1-2,5-6H2. The minimum Gasteiger partial charge on any atom is -0.339 e. The number of nitrogens with zero attached hydrogens (tertiary/aromatic N) is 4. The van der Waals surface area contributed by atoms with Crippen molar-refractivity contribution in [2.45, 2.75) is 12.8 Å². The van der Waals surface area contributed by atoms with Crippen molar-refractivity contribution in [2.75, 3.05) is 13.1 Å². The molecule has 1 amide bonds. The molecule has 0 unspecified atom stereocenters. The third-order valence-corrected chi connectivity index (χ3v) is 2.74. The van der Waals surface area contributed by atoms with Crippen LogP contribution in [-0.2, 0) is 0 Å². The van der Waals surface area contributed by atoms with E-state index in [2.05, 4.69) is 10.0 Å². The molecule has 1 aliphatic rings. The largest absolute Gasteiger partial charge is 0.339 e. The Hall–Kier alpha value is -2.07. The van der Waals surface area contributed by atoms with Crippen molar-refractivity contribution < 1.29 is 9.18 Å². The van der Waals surface area contributed by atoms with E-state index in [4.69, 9.17) is 5.53 Å². The van der Waals surface area contributed by atoms with Crippen molar-refractivity contribution in [2.24, 2.45) is 5.11 Å². The van der Waals surface area contributed by atoms with Crippen LogP contribution >= 0.6 is 0 Å². The lowest BCUT2D eigenvalue weighted by Gasteiger charge is -2.15. The molecule has 1 aromatic rings. The van der Waals surface area contributed by atoms with Crippen molar-refractivity contribution in [3.63, 3.8) is 0 Å². The summed E-state index contributed by atoms with van der Waals surface area (Å²) < 4.78 is 13.6. The number of halogens is 1. The van der Waals surface area contributed by atoms with Crippen molar-refractivity contribution in [3.8, 4) is 0 Å². The average Bonchev–Trinajstić information content (AvgIpc) is 2.82. The first-order valence-corrected chi connectivity index (χ1v) is 5.36.